The van der Waals surface area contributed by atoms with Crippen LogP contribution < -0.4 is 5.32 Å². The van der Waals surface area contributed by atoms with Crippen molar-refractivity contribution in [2.24, 2.45) is 11.8 Å². The minimum absolute atomic E-state index is 0.0201. The van der Waals surface area contributed by atoms with Gasteiger partial charge in [-0.15, -0.1) is 0 Å². The van der Waals surface area contributed by atoms with Crippen LogP contribution in [0.1, 0.15) is 80.6 Å². The van der Waals surface area contributed by atoms with Gasteiger partial charge in [0.05, 0.1) is 36.4 Å². The summed E-state index contributed by atoms with van der Waals surface area (Å²) in [4.78, 5) is 39.9. The number of piperazine rings is 1. The molecule has 1 amide bonds. The molecular formula is C35H56N2O10. The monoisotopic (exact) mass is 664 g/mol. The van der Waals surface area contributed by atoms with Crippen LogP contribution in [0.25, 0.3) is 0 Å². The van der Waals surface area contributed by atoms with Gasteiger partial charge < -0.3 is 44.5 Å². The Morgan fingerprint density at radius 3 is 2.57 bits per heavy atom. The highest BCUT2D eigenvalue weighted by Crippen LogP contribution is 2.37. The quantitative estimate of drug-likeness (QED) is 0.0891. The van der Waals surface area contributed by atoms with E-state index < -0.39 is 59.6 Å². The third kappa shape index (κ3) is 11.7. The molecule has 0 spiro atoms. The van der Waals surface area contributed by atoms with E-state index >= 15 is 0 Å². The van der Waals surface area contributed by atoms with Crippen molar-refractivity contribution in [3.8, 4) is 0 Å². The Balaban J connectivity index is 1.80. The van der Waals surface area contributed by atoms with Crippen molar-refractivity contribution in [1.29, 1.82) is 0 Å². The van der Waals surface area contributed by atoms with Gasteiger partial charge in [-0.2, -0.15) is 0 Å². The van der Waals surface area contributed by atoms with Gasteiger partial charge in [0.1, 0.15) is 6.10 Å². The second-order valence-electron chi connectivity index (χ2n) is 13.8. The number of amides is 1. The standard InChI is InChI=1S/C35H56N2O10/c1-8-27(40)24(4)32-28(45-32)21-34(6,43)14-9-10-22(2)31-23(3)11-12-29(44-25(5)38)35(7,15-13-26(39)20-30(41)46-31)47-33(42)37-18-16-36-17-19-37/h9-12,14,23-24,26-29,31-32,36,39-40,43H,8,13,15-21H2,1-7H3/b12-11+,14-9+,22-10+/t23-,24?,26+,27?,28+,29-,31+,32+,34?,35+/m0/s1. The van der Waals surface area contributed by atoms with Crippen molar-refractivity contribution in [2.75, 3.05) is 26.2 Å². The third-order valence-corrected chi connectivity index (χ3v) is 9.33. The van der Waals surface area contributed by atoms with Crippen LogP contribution in [-0.2, 0) is 28.5 Å². The number of ether oxygens (including phenoxy) is 4. The van der Waals surface area contributed by atoms with Crippen LogP contribution >= 0.6 is 0 Å². The SMILES string of the molecule is CCC(O)C(C)[C@H]1O[C@@H]1CC(C)(O)/C=C/C=C(\C)[C@H]1OC(=O)C[C@H](O)CC[C@@](C)(OC(=O)N2CCNCC2)[C@@H](OC(C)=O)/C=C/[C@@H]1C. The number of carbonyl (C=O) groups excluding carboxylic acids is 3. The van der Waals surface area contributed by atoms with Crippen molar-refractivity contribution < 1.29 is 48.7 Å². The van der Waals surface area contributed by atoms with Gasteiger partial charge in [0.15, 0.2) is 11.7 Å². The van der Waals surface area contributed by atoms with Gasteiger partial charge in [-0.25, -0.2) is 4.79 Å². The van der Waals surface area contributed by atoms with Crippen molar-refractivity contribution in [2.45, 2.75) is 128 Å². The molecule has 3 unspecified atom stereocenters. The van der Waals surface area contributed by atoms with Crippen LogP contribution in [0.3, 0.4) is 0 Å². The van der Waals surface area contributed by atoms with Crippen LogP contribution in [0.15, 0.2) is 36.0 Å². The Bertz CT molecular complexity index is 1160. The summed E-state index contributed by atoms with van der Waals surface area (Å²) in [7, 11) is 0. The molecule has 0 saturated carbocycles. The number of nitrogens with one attached hydrogen (secondary N) is 1. The van der Waals surface area contributed by atoms with E-state index in [-0.39, 0.29) is 37.4 Å². The third-order valence-electron chi connectivity index (χ3n) is 9.33. The predicted molar refractivity (Wildman–Crippen MR) is 175 cm³/mol. The summed E-state index contributed by atoms with van der Waals surface area (Å²) >= 11 is 0. The first-order chi connectivity index (χ1) is 22.0. The highest BCUT2D eigenvalue weighted by molar-refractivity contribution is 5.71. The molecule has 4 N–H and O–H groups in total. The number of epoxide rings is 1. The highest BCUT2D eigenvalue weighted by atomic mass is 16.6. The average molecular weight is 665 g/mol. The number of aliphatic hydroxyl groups is 3. The molecule has 3 rings (SSSR count). The van der Waals surface area contributed by atoms with Crippen LogP contribution in [-0.4, -0.2) is 112 Å². The van der Waals surface area contributed by atoms with E-state index in [0.29, 0.717) is 44.6 Å². The minimum atomic E-state index is -1.32. The molecule has 10 atom stereocenters. The van der Waals surface area contributed by atoms with Gasteiger partial charge in [-0.05, 0) is 51.7 Å². The molecule has 266 valence electrons. The second-order valence-corrected chi connectivity index (χ2v) is 13.8. The molecule has 3 heterocycles. The maximum atomic E-state index is 13.2. The number of aliphatic hydroxyl groups excluding tert-OH is 2. The zero-order valence-corrected chi connectivity index (χ0v) is 29.0. The highest BCUT2D eigenvalue weighted by Gasteiger charge is 2.47. The first kappa shape index (κ1) is 38.7. The van der Waals surface area contributed by atoms with E-state index in [9.17, 15) is 29.7 Å². The summed E-state index contributed by atoms with van der Waals surface area (Å²) in [5, 5.41) is 35.1. The number of hydrogen-bond donors (Lipinski definition) is 4. The van der Waals surface area contributed by atoms with Gasteiger partial charge in [0.25, 0.3) is 0 Å². The van der Waals surface area contributed by atoms with Gasteiger partial charge >= 0.3 is 18.0 Å². The molecule has 0 aromatic heterocycles. The number of allylic oxidation sites excluding steroid dienone is 2. The summed E-state index contributed by atoms with van der Waals surface area (Å²) in [6.07, 6.45) is 5.52. The molecule has 0 aromatic carbocycles. The summed E-state index contributed by atoms with van der Waals surface area (Å²) in [6.45, 7) is 14.4. The fraction of sp³-hybridized carbons (Fsp3) is 0.743. The van der Waals surface area contributed by atoms with E-state index in [0.717, 1.165) is 0 Å². The van der Waals surface area contributed by atoms with Gasteiger partial charge in [-0.3, -0.25) is 9.59 Å². The number of hydrogen-bond acceptors (Lipinski definition) is 11. The summed E-state index contributed by atoms with van der Waals surface area (Å²) in [6, 6.07) is 0. The maximum Gasteiger partial charge on any atom is 0.410 e. The first-order valence-electron chi connectivity index (χ1n) is 16.9. The smallest absolute Gasteiger partial charge is 0.410 e. The topological polar surface area (TPSA) is 167 Å². The van der Waals surface area contributed by atoms with Gasteiger partial charge in [0, 0.05) is 51.4 Å². The Morgan fingerprint density at radius 1 is 1.26 bits per heavy atom. The zero-order chi connectivity index (χ0) is 34.9. The number of esters is 2. The van der Waals surface area contributed by atoms with Crippen LogP contribution in [0.5, 0.6) is 0 Å². The lowest BCUT2D eigenvalue weighted by Gasteiger charge is -2.38. The van der Waals surface area contributed by atoms with Crippen molar-refractivity contribution in [1.82, 2.24) is 10.2 Å². The maximum absolute atomic E-state index is 13.2. The normalized spacial score (nSPS) is 34.2. The lowest BCUT2D eigenvalue weighted by Crippen LogP contribution is -2.52. The fourth-order valence-corrected chi connectivity index (χ4v) is 6.19. The molecule has 2 saturated heterocycles. The molecule has 47 heavy (non-hydrogen) atoms. The van der Waals surface area contributed by atoms with Gasteiger partial charge in [-0.1, -0.05) is 45.1 Å². The zero-order valence-electron chi connectivity index (χ0n) is 29.0. The Hall–Kier alpha value is -2.77. The van der Waals surface area contributed by atoms with Crippen molar-refractivity contribution in [3.63, 3.8) is 0 Å². The molecule has 0 radical (unpaired) electrons. The average Bonchev–Trinajstić information content (AvgIpc) is 3.77. The number of cyclic esters (lactones) is 1. The molecule has 12 heteroatoms. The van der Waals surface area contributed by atoms with E-state index in [1.165, 1.54) is 6.92 Å². The lowest BCUT2D eigenvalue weighted by molar-refractivity contribution is -0.158. The lowest BCUT2D eigenvalue weighted by atomic mass is 9.88. The minimum Gasteiger partial charge on any atom is -0.457 e. The fourth-order valence-electron chi connectivity index (χ4n) is 6.19. The molecular weight excluding hydrogens is 608 g/mol. The number of carbonyl (C=O) groups is 3. The second kappa shape index (κ2) is 17.1. The van der Waals surface area contributed by atoms with Gasteiger partial charge in [0.2, 0.25) is 0 Å². The largest absolute Gasteiger partial charge is 0.457 e. The summed E-state index contributed by atoms with van der Waals surface area (Å²) in [5.41, 5.74) is -1.80. The molecule has 0 aliphatic carbocycles. The first-order valence-corrected chi connectivity index (χ1v) is 16.9. The summed E-state index contributed by atoms with van der Waals surface area (Å²) in [5.74, 6) is -1.56. The van der Waals surface area contributed by atoms with E-state index in [1.54, 1.807) is 56.1 Å². The molecule has 3 aliphatic heterocycles. The van der Waals surface area contributed by atoms with Crippen LogP contribution in [0.4, 0.5) is 4.79 Å². The van der Waals surface area contributed by atoms with E-state index in [1.807, 2.05) is 20.8 Å². The van der Waals surface area contributed by atoms with Crippen LogP contribution in [0, 0.1) is 11.8 Å². The molecule has 12 nitrogen and oxygen atoms in total. The molecule has 0 bridgehead atoms. The Labute approximate surface area is 279 Å². The van der Waals surface area contributed by atoms with Crippen molar-refractivity contribution >= 4 is 18.0 Å². The van der Waals surface area contributed by atoms with E-state index in [2.05, 4.69) is 5.32 Å². The van der Waals surface area contributed by atoms with E-state index in [4.69, 9.17) is 18.9 Å². The number of rotatable bonds is 10. The van der Waals surface area contributed by atoms with Crippen molar-refractivity contribution in [3.05, 3.63) is 36.0 Å². The summed E-state index contributed by atoms with van der Waals surface area (Å²) < 4.78 is 23.3. The molecule has 2 fully saturated rings. The predicted octanol–water partition coefficient (Wildman–Crippen LogP) is 3.19. The van der Waals surface area contributed by atoms with Crippen LogP contribution in [0.2, 0.25) is 0 Å². The molecule has 0 aromatic rings. The molecule has 3 aliphatic rings. The number of nitrogens with zero attached hydrogens (tertiary/aromatic N) is 1. The Morgan fingerprint density at radius 2 is 1.94 bits per heavy atom. The Kier molecular flexibility index (Phi) is 14.0.